The van der Waals surface area contributed by atoms with E-state index < -0.39 is 11.6 Å². The van der Waals surface area contributed by atoms with E-state index in [1.807, 2.05) is 29.2 Å². The first-order chi connectivity index (χ1) is 13.5. The Hall–Kier alpha value is -2.83. The molecule has 1 aromatic rings. The minimum atomic E-state index is -0.465. The molecule has 7 nitrogen and oxygen atoms in total. The van der Waals surface area contributed by atoms with E-state index in [0.717, 1.165) is 22.7 Å². The highest BCUT2D eigenvalue weighted by molar-refractivity contribution is 6.12. The molecule has 2 aliphatic rings. The average molecular weight is 399 g/mol. The van der Waals surface area contributed by atoms with Gasteiger partial charge in [0.25, 0.3) is 0 Å². The van der Waals surface area contributed by atoms with Gasteiger partial charge in [-0.1, -0.05) is 45.0 Å². The minimum Gasteiger partial charge on any atom is -0.453 e. The SMILES string of the molecule is COC(=O)NCc1cccc(C2=CCC3(C)C(=N2)N(C)C(=O)N3CC(C)(C)C)c1. The van der Waals surface area contributed by atoms with Gasteiger partial charge in [-0.2, -0.15) is 0 Å². The number of alkyl carbamates (subject to hydrolysis) is 1. The van der Waals surface area contributed by atoms with Gasteiger partial charge in [-0.3, -0.25) is 4.90 Å². The average Bonchev–Trinajstić information content (AvgIpc) is 2.85. The van der Waals surface area contributed by atoms with Crippen molar-refractivity contribution in [1.29, 1.82) is 0 Å². The highest BCUT2D eigenvalue weighted by Gasteiger charge is 2.52. The second-order valence-corrected chi connectivity index (χ2v) is 9.04. The Kier molecular flexibility index (Phi) is 5.43. The van der Waals surface area contributed by atoms with Crippen molar-refractivity contribution in [2.24, 2.45) is 10.4 Å². The van der Waals surface area contributed by atoms with Crippen molar-refractivity contribution in [3.8, 4) is 0 Å². The van der Waals surface area contributed by atoms with Crippen molar-refractivity contribution in [2.45, 2.75) is 46.2 Å². The monoisotopic (exact) mass is 398 g/mol. The third-order valence-electron chi connectivity index (χ3n) is 5.31. The van der Waals surface area contributed by atoms with Crippen molar-refractivity contribution in [3.05, 3.63) is 41.5 Å². The van der Waals surface area contributed by atoms with Gasteiger partial charge in [0, 0.05) is 25.7 Å². The number of nitrogens with one attached hydrogen (secondary N) is 1. The maximum atomic E-state index is 12.9. The number of carbonyl (C=O) groups excluding carboxylic acids is 2. The molecule has 2 heterocycles. The number of fused-ring (bicyclic) bond motifs is 1. The lowest BCUT2D eigenvalue weighted by Crippen LogP contribution is -2.50. The lowest BCUT2D eigenvalue weighted by atomic mass is 9.88. The number of hydrogen-bond acceptors (Lipinski definition) is 4. The van der Waals surface area contributed by atoms with E-state index in [4.69, 9.17) is 4.99 Å². The second-order valence-electron chi connectivity index (χ2n) is 9.04. The van der Waals surface area contributed by atoms with Crippen molar-refractivity contribution < 1.29 is 14.3 Å². The van der Waals surface area contributed by atoms with Crippen LogP contribution >= 0.6 is 0 Å². The second kappa shape index (κ2) is 7.54. The molecule has 1 aromatic carbocycles. The van der Waals surface area contributed by atoms with Crippen molar-refractivity contribution in [3.63, 3.8) is 0 Å². The van der Waals surface area contributed by atoms with Gasteiger partial charge in [-0.15, -0.1) is 0 Å². The zero-order valence-corrected chi connectivity index (χ0v) is 18.1. The molecule has 3 rings (SSSR count). The summed E-state index contributed by atoms with van der Waals surface area (Å²) in [5.41, 5.74) is 2.31. The largest absolute Gasteiger partial charge is 0.453 e. The summed E-state index contributed by atoms with van der Waals surface area (Å²) in [5.74, 6) is 0.780. The van der Waals surface area contributed by atoms with Gasteiger partial charge in [0.2, 0.25) is 0 Å². The van der Waals surface area contributed by atoms with Crippen LogP contribution in [0.3, 0.4) is 0 Å². The highest BCUT2D eigenvalue weighted by atomic mass is 16.5. The number of hydrogen-bond donors (Lipinski definition) is 1. The Morgan fingerprint density at radius 1 is 1.34 bits per heavy atom. The number of ether oxygens (including phenoxy) is 1. The number of methoxy groups -OCH3 is 1. The van der Waals surface area contributed by atoms with Crippen LogP contribution in [-0.4, -0.2) is 54.0 Å². The molecule has 29 heavy (non-hydrogen) atoms. The number of aliphatic imine (C=N–C) groups is 1. The zero-order chi connectivity index (χ0) is 21.4. The molecule has 1 fully saturated rings. The fourth-order valence-corrected chi connectivity index (χ4v) is 3.80. The predicted octanol–water partition coefficient (Wildman–Crippen LogP) is 3.86. The first-order valence-corrected chi connectivity index (χ1v) is 9.81. The van der Waals surface area contributed by atoms with Crippen LogP contribution in [-0.2, 0) is 11.3 Å². The highest BCUT2D eigenvalue weighted by Crippen LogP contribution is 2.39. The van der Waals surface area contributed by atoms with Crippen molar-refractivity contribution in [1.82, 2.24) is 15.1 Å². The molecule has 0 bridgehead atoms. The summed E-state index contributed by atoms with van der Waals surface area (Å²) in [5, 5.41) is 2.69. The van der Waals surface area contributed by atoms with Crippen LogP contribution < -0.4 is 5.32 Å². The van der Waals surface area contributed by atoms with Gasteiger partial charge < -0.3 is 15.0 Å². The molecule has 2 aliphatic heterocycles. The van der Waals surface area contributed by atoms with E-state index in [0.29, 0.717) is 19.5 Å². The van der Waals surface area contributed by atoms with Gasteiger partial charge in [-0.05, 0) is 30.4 Å². The third-order valence-corrected chi connectivity index (χ3v) is 5.31. The van der Waals surface area contributed by atoms with Crippen molar-refractivity contribution in [2.75, 3.05) is 20.7 Å². The van der Waals surface area contributed by atoms with Crippen LogP contribution in [0.1, 0.15) is 45.2 Å². The smallest absolute Gasteiger partial charge is 0.407 e. The predicted molar refractivity (Wildman–Crippen MR) is 113 cm³/mol. The summed E-state index contributed by atoms with van der Waals surface area (Å²) in [4.78, 5) is 32.7. The van der Waals surface area contributed by atoms with E-state index in [1.165, 1.54) is 7.11 Å². The Bertz CT molecular complexity index is 884. The van der Waals surface area contributed by atoms with Crippen LogP contribution in [0.2, 0.25) is 0 Å². The molecule has 1 N–H and O–H groups in total. The summed E-state index contributed by atoms with van der Waals surface area (Å²) >= 11 is 0. The molecule has 156 valence electrons. The number of carbonyl (C=O) groups is 2. The summed E-state index contributed by atoms with van der Waals surface area (Å²) in [7, 11) is 3.13. The maximum absolute atomic E-state index is 12.9. The number of benzene rings is 1. The fraction of sp³-hybridized carbons (Fsp3) is 0.500. The first-order valence-electron chi connectivity index (χ1n) is 9.81. The van der Waals surface area contributed by atoms with Crippen LogP contribution in [0.25, 0.3) is 5.70 Å². The molecule has 7 heteroatoms. The van der Waals surface area contributed by atoms with E-state index in [-0.39, 0.29) is 11.4 Å². The molecule has 0 radical (unpaired) electrons. The standard InChI is InChI=1S/C22H30N4O3/c1-21(2,3)14-26-20(28)25(5)18-22(26,4)11-10-17(24-18)16-9-7-8-15(12-16)13-23-19(27)29-6/h7-10,12H,11,13-14H2,1-6H3,(H,23,27). The molecule has 1 unspecified atom stereocenters. The molecule has 0 aromatic heterocycles. The molecular weight excluding hydrogens is 368 g/mol. The number of urea groups is 1. The van der Waals surface area contributed by atoms with E-state index in [2.05, 4.69) is 43.8 Å². The minimum absolute atomic E-state index is 0.0000786. The molecular formula is C22H30N4O3. The van der Waals surface area contributed by atoms with Crippen molar-refractivity contribution >= 4 is 23.7 Å². The summed E-state index contributed by atoms with van der Waals surface area (Å²) in [6, 6.07) is 7.86. The van der Waals surface area contributed by atoms with Gasteiger partial charge in [0.05, 0.1) is 12.8 Å². The van der Waals surface area contributed by atoms with Crippen LogP contribution in [0.15, 0.2) is 35.3 Å². The van der Waals surface area contributed by atoms with Gasteiger partial charge in [0.1, 0.15) is 11.4 Å². The first kappa shape index (κ1) is 20.9. The lowest BCUT2D eigenvalue weighted by Gasteiger charge is -2.38. The summed E-state index contributed by atoms with van der Waals surface area (Å²) < 4.78 is 4.62. The number of rotatable bonds is 4. The number of nitrogens with zero attached hydrogens (tertiary/aromatic N) is 3. The molecule has 1 atom stereocenters. The lowest BCUT2D eigenvalue weighted by molar-refractivity contribution is 0.140. The number of amidine groups is 1. The Balaban J connectivity index is 1.86. The molecule has 0 spiro atoms. The molecule has 0 aliphatic carbocycles. The van der Waals surface area contributed by atoms with Gasteiger partial charge in [-0.25, -0.2) is 14.6 Å². The Labute approximate surface area is 172 Å². The Morgan fingerprint density at radius 3 is 2.72 bits per heavy atom. The zero-order valence-electron chi connectivity index (χ0n) is 18.1. The summed E-state index contributed by atoms with van der Waals surface area (Å²) in [6.07, 6.45) is 2.34. The van der Waals surface area contributed by atoms with E-state index in [1.54, 1.807) is 11.9 Å². The van der Waals surface area contributed by atoms with E-state index >= 15 is 0 Å². The van der Waals surface area contributed by atoms with Gasteiger partial charge >= 0.3 is 12.1 Å². The fourth-order valence-electron chi connectivity index (χ4n) is 3.80. The third kappa shape index (κ3) is 4.13. The normalized spacial score (nSPS) is 21.5. The number of amides is 3. The van der Waals surface area contributed by atoms with Crippen LogP contribution in [0.4, 0.5) is 9.59 Å². The molecule has 1 saturated heterocycles. The Morgan fingerprint density at radius 2 is 2.07 bits per heavy atom. The molecule has 0 saturated carbocycles. The van der Waals surface area contributed by atoms with Crippen LogP contribution in [0, 0.1) is 5.41 Å². The van der Waals surface area contributed by atoms with Crippen LogP contribution in [0.5, 0.6) is 0 Å². The van der Waals surface area contributed by atoms with E-state index in [9.17, 15) is 9.59 Å². The molecule has 3 amide bonds. The number of likely N-dealkylation sites (N-methyl/N-ethyl adjacent to an activating group) is 1. The summed E-state index contributed by atoms with van der Waals surface area (Å²) in [6.45, 7) is 9.54. The quantitative estimate of drug-likeness (QED) is 0.837. The topological polar surface area (TPSA) is 74.2 Å². The maximum Gasteiger partial charge on any atom is 0.407 e. The van der Waals surface area contributed by atoms with Gasteiger partial charge in [0.15, 0.2) is 0 Å².